The van der Waals surface area contributed by atoms with Crippen LogP contribution in [-0.2, 0) is 0 Å². The molecule has 3 aromatic rings. The van der Waals surface area contributed by atoms with Crippen molar-refractivity contribution in [2.24, 2.45) is 0 Å². The van der Waals surface area contributed by atoms with E-state index in [1.54, 1.807) is 0 Å². The van der Waals surface area contributed by atoms with Crippen molar-refractivity contribution in [1.29, 1.82) is 0 Å². The van der Waals surface area contributed by atoms with Gasteiger partial charge >= 0.3 is 0 Å². The first kappa shape index (κ1) is 18.3. The lowest BCUT2D eigenvalue weighted by atomic mass is 10.2. The highest BCUT2D eigenvalue weighted by atomic mass is 19.2. The molecular formula is C18H10F5N3O. The lowest BCUT2D eigenvalue weighted by Crippen LogP contribution is -2.12. The molecule has 0 aliphatic heterocycles. The van der Waals surface area contributed by atoms with E-state index >= 15 is 0 Å². The van der Waals surface area contributed by atoms with Crippen molar-refractivity contribution in [2.45, 2.75) is 0 Å². The van der Waals surface area contributed by atoms with Crippen molar-refractivity contribution in [3.63, 3.8) is 0 Å². The second kappa shape index (κ2) is 7.40. The number of nitrogens with one attached hydrogen (secondary N) is 2. The lowest BCUT2D eigenvalue weighted by Gasteiger charge is -2.09. The highest BCUT2D eigenvalue weighted by Crippen LogP contribution is 2.23. The number of carbonyl (C=O) groups excluding carboxylic acids is 1. The molecule has 0 unspecified atom stereocenters. The van der Waals surface area contributed by atoms with Gasteiger partial charge in [-0.15, -0.1) is 0 Å². The number of aromatic nitrogens is 1. The van der Waals surface area contributed by atoms with E-state index in [1.807, 2.05) is 0 Å². The number of halogens is 5. The van der Waals surface area contributed by atoms with E-state index in [-0.39, 0.29) is 22.8 Å². The summed E-state index contributed by atoms with van der Waals surface area (Å²) in [5, 5.41) is 4.81. The number of pyridine rings is 1. The van der Waals surface area contributed by atoms with Gasteiger partial charge in [0, 0.05) is 18.0 Å². The van der Waals surface area contributed by atoms with Gasteiger partial charge < -0.3 is 10.6 Å². The van der Waals surface area contributed by atoms with Crippen molar-refractivity contribution in [2.75, 3.05) is 10.6 Å². The van der Waals surface area contributed by atoms with Crippen molar-refractivity contribution in [3.05, 3.63) is 83.3 Å². The number of rotatable bonds is 4. The maximum atomic E-state index is 13.6. The maximum absolute atomic E-state index is 13.6. The predicted molar refractivity (Wildman–Crippen MR) is 88.1 cm³/mol. The van der Waals surface area contributed by atoms with Gasteiger partial charge in [0.25, 0.3) is 5.91 Å². The standard InChI is InChI=1S/C18H10F5N3O/c19-11-3-2-10(7-13(11)21)25-18(27)9-1-6-15(24-8-9)26-14-5-4-12(20)16(22)17(14)23/h1-8H,(H,24,26)(H,25,27). The SMILES string of the molecule is O=C(Nc1ccc(F)c(F)c1)c1ccc(Nc2ccc(F)c(F)c2F)nc1. The van der Waals surface area contributed by atoms with E-state index in [1.165, 1.54) is 18.2 Å². The zero-order chi connectivity index (χ0) is 19.6. The van der Waals surface area contributed by atoms with E-state index in [0.717, 1.165) is 30.5 Å². The fourth-order valence-electron chi connectivity index (χ4n) is 2.14. The van der Waals surface area contributed by atoms with Gasteiger partial charge in [0.15, 0.2) is 29.1 Å². The van der Waals surface area contributed by atoms with Crippen LogP contribution in [0.4, 0.5) is 39.1 Å². The van der Waals surface area contributed by atoms with Crippen LogP contribution in [0.15, 0.2) is 48.7 Å². The molecule has 0 fully saturated rings. The smallest absolute Gasteiger partial charge is 0.257 e. The summed E-state index contributed by atoms with van der Waals surface area (Å²) in [7, 11) is 0. The molecule has 1 heterocycles. The Morgan fingerprint density at radius 1 is 0.815 bits per heavy atom. The number of nitrogens with zero attached hydrogens (tertiary/aromatic N) is 1. The fourth-order valence-corrected chi connectivity index (χ4v) is 2.14. The second-order valence-corrected chi connectivity index (χ2v) is 5.36. The van der Waals surface area contributed by atoms with Gasteiger partial charge in [-0.25, -0.2) is 26.9 Å². The molecule has 0 radical (unpaired) electrons. The first-order chi connectivity index (χ1) is 12.8. The molecule has 138 valence electrons. The van der Waals surface area contributed by atoms with E-state index < -0.39 is 35.0 Å². The summed E-state index contributed by atoms with van der Waals surface area (Å²) in [6.07, 6.45) is 1.13. The Kier molecular flexibility index (Phi) is 5.02. The fraction of sp³-hybridized carbons (Fsp3) is 0. The number of hydrogen-bond donors (Lipinski definition) is 2. The largest absolute Gasteiger partial charge is 0.338 e. The minimum atomic E-state index is -1.62. The number of carbonyl (C=O) groups is 1. The quantitative estimate of drug-likeness (QED) is 0.507. The Morgan fingerprint density at radius 3 is 2.22 bits per heavy atom. The Balaban J connectivity index is 1.72. The number of amides is 1. The third kappa shape index (κ3) is 4.02. The van der Waals surface area contributed by atoms with Gasteiger partial charge in [-0.2, -0.15) is 0 Å². The van der Waals surface area contributed by atoms with Crippen LogP contribution < -0.4 is 10.6 Å². The maximum Gasteiger partial charge on any atom is 0.257 e. The molecule has 0 spiro atoms. The Bertz CT molecular complexity index is 1010. The third-order valence-electron chi connectivity index (χ3n) is 3.50. The van der Waals surface area contributed by atoms with Crippen LogP contribution in [0.5, 0.6) is 0 Å². The zero-order valence-corrected chi connectivity index (χ0v) is 13.4. The molecule has 2 aromatic carbocycles. The first-order valence-corrected chi connectivity index (χ1v) is 7.48. The van der Waals surface area contributed by atoms with E-state index in [9.17, 15) is 26.7 Å². The highest BCUT2D eigenvalue weighted by molar-refractivity contribution is 6.04. The van der Waals surface area contributed by atoms with Crippen LogP contribution in [0.1, 0.15) is 10.4 Å². The predicted octanol–water partition coefficient (Wildman–Crippen LogP) is 4.77. The van der Waals surface area contributed by atoms with Crippen molar-refractivity contribution < 1.29 is 26.7 Å². The normalized spacial score (nSPS) is 10.6. The third-order valence-corrected chi connectivity index (χ3v) is 3.50. The molecule has 1 aromatic heterocycles. The molecule has 0 saturated carbocycles. The van der Waals surface area contributed by atoms with Crippen molar-refractivity contribution >= 4 is 23.1 Å². The summed E-state index contributed by atoms with van der Waals surface area (Å²) in [6, 6.07) is 7.26. The van der Waals surface area contributed by atoms with E-state index in [2.05, 4.69) is 15.6 Å². The average Bonchev–Trinajstić information content (AvgIpc) is 2.66. The van der Waals surface area contributed by atoms with Crippen LogP contribution in [0.3, 0.4) is 0 Å². The molecule has 0 saturated heterocycles. The lowest BCUT2D eigenvalue weighted by molar-refractivity contribution is 0.102. The molecule has 0 aliphatic rings. The molecule has 0 aliphatic carbocycles. The Morgan fingerprint density at radius 2 is 1.56 bits per heavy atom. The summed E-state index contributed by atoms with van der Waals surface area (Å²) in [5.41, 5.74) is -0.207. The molecule has 27 heavy (non-hydrogen) atoms. The van der Waals surface area contributed by atoms with Crippen LogP contribution in [0.2, 0.25) is 0 Å². The molecule has 0 bridgehead atoms. The number of hydrogen-bond acceptors (Lipinski definition) is 3. The van der Waals surface area contributed by atoms with Crippen LogP contribution in [0, 0.1) is 29.1 Å². The van der Waals surface area contributed by atoms with Crippen LogP contribution in [-0.4, -0.2) is 10.9 Å². The minimum absolute atomic E-state index is 0.0463. The summed E-state index contributed by atoms with van der Waals surface area (Å²) in [6.45, 7) is 0. The molecule has 1 amide bonds. The van der Waals surface area contributed by atoms with Gasteiger partial charge in [0.2, 0.25) is 0 Å². The van der Waals surface area contributed by atoms with Crippen molar-refractivity contribution in [1.82, 2.24) is 4.98 Å². The Labute approximate surface area is 149 Å². The molecular weight excluding hydrogens is 369 g/mol. The summed E-state index contributed by atoms with van der Waals surface area (Å²) < 4.78 is 65.8. The number of anilines is 3. The summed E-state index contributed by atoms with van der Waals surface area (Å²) in [5.74, 6) is -7.08. The molecule has 0 atom stereocenters. The average molecular weight is 379 g/mol. The van der Waals surface area contributed by atoms with Gasteiger partial charge in [0.1, 0.15) is 5.82 Å². The summed E-state index contributed by atoms with van der Waals surface area (Å²) >= 11 is 0. The van der Waals surface area contributed by atoms with Gasteiger partial charge in [-0.05, 0) is 36.4 Å². The topological polar surface area (TPSA) is 54.0 Å². The van der Waals surface area contributed by atoms with E-state index in [0.29, 0.717) is 0 Å². The molecule has 4 nitrogen and oxygen atoms in total. The van der Waals surface area contributed by atoms with Gasteiger partial charge in [-0.1, -0.05) is 0 Å². The zero-order valence-electron chi connectivity index (χ0n) is 13.4. The molecule has 9 heteroatoms. The molecule has 3 rings (SSSR count). The summed E-state index contributed by atoms with van der Waals surface area (Å²) in [4.78, 5) is 15.9. The second-order valence-electron chi connectivity index (χ2n) is 5.36. The Hall–Kier alpha value is -3.49. The van der Waals surface area contributed by atoms with Crippen molar-refractivity contribution in [3.8, 4) is 0 Å². The van der Waals surface area contributed by atoms with Crippen LogP contribution >= 0.6 is 0 Å². The highest BCUT2D eigenvalue weighted by Gasteiger charge is 2.14. The monoisotopic (exact) mass is 379 g/mol. The minimum Gasteiger partial charge on any atom is -0.338 e. The van der Waals surface area contributed by atoms with Gasteiger partial charge in [0.05, 0.1) is 11.3 Å². The number of benzene rings is 2. The van der Waals surface area contributed by atoms with E-state index in [4.69, 9.17) is 0 Å². The molecule has 2 N–H and O–H groups in total. The van der Waals surface area contributed by atoms with Crippen LogP contribution in [0.25, 0.3) is 0 Å². The van der Waals surface area contributed by atoms with Gasteiger partial charge in [-0.3, -0.25) is 4.79 Å². The first-order valence-electron chi connectivity index (χ1n) is 7.48.